The van der Waals surface area contributed by atoms with Crippen LogP contribution in [-0.2, 0) is 4.79 Å². The Morgan fingerprint density at radius 2 is 2.00 bits per heavy atom. The van der Waals surface area contributed by atoms with Crippen LogP contribution in [0.3, 0.4) is 0 Å². The van der Waals surface area contributed by atoms with Crippen LogP contribution < -0.4 is 10.6 Å². The molecule has 0 aromatic heterocycles. The lowest BCUT2D eigenvalue weighted by molar-refractivity contribution is -0.130. The third-order valence-electron chi connectivity index (χ3n) is 4.33. The molecular formula is C14H27N3O. The fourth-order valence-corrected chi connectivity index (χ4v) is 3.34. The summed E-state index contributed by atoms with van der Waals surface area (Å²) in [6, 6.07) is 0.731. The van der Waals surface area contributed by atoms with E-state index in [0.29, 0.717) is 6.04 Å². The molecule has 1 heterocycles. The van der Waals surface area contributed by atoms with E-state index in [1.54, 1.807) is 0 Å². The lowest BCUT2D eigenvalue weighted by Crippen LogP contribution is -2.58. The van der Waals surface area contributed by atoms with Gasteiger partial charge in [0.15, 0.2) is 0 Å². The third-order valence-corrected chi connectivity index (χ3v) is 4.33. The Bertz CT molecular complexity index is 262. The quantitative estimate of drug-likeness (QED) is 0.738. The molecule has 4 nitrogen and oxygen atoms in total. The molecular weight excluding hydrogens is 226 g/mol. The largest absolute Gasteiger partial charge is 0.353 e. The standard InChI is InChI=1S/C14H27N3O/c1-15-9-8-13-14(18)16-10-11-17(13)12-6-4-2-3-5-7-12/h12-13,15H,2-11H2,1H3,(H,16,18). The Labute approximate surface area is 110 Å². The molecule has 0 spiro atoms. The van der Waals surface area contributed by atoms with Crippen LogP contribution in [0.25, 0.3) is 0 Å². The maximum atomic E-state index is 12.1. The van der Waals surface area contributed by atoms with Gasteiger partial charge in [0.2, 0.25) is 5.91 Å². The van der Waals surface area contributed by atoms with Crippen molar-refractivity contribution in [1.82, 2.24) is 15.5 Å². The number of piperazine rings is 1. The molecule has 1 amide bonds. The van der Waals surface area contributed by atoms with E-state index >= 15 is 0 Å². The molecule has 1 saturated heterocycles. The van der Waals surface area contributed by atoms with Crippen molar-refractivity contribution in [3.63, 3.8) is 0 Å². The molecule has 1 saturated carbocycles. The molecule has 2 fully saturated rings. The van der Waals surface area contributed by atoms with Crippen LogP contribution in [0.1, 0.15) is 44.9 Å². The number of hydrogen-bond donors (Lipinski definition) is 2. The highest BCUT2D eigenvalue weighted by atomic mass is 16.2. The molecule has 1 aliphatic carbocycles. The molecule has 2 aliphatic rings. The van der Waals surface area contributed by atoms with Gasteiger partial charge in [-0.3, -0.25) is 9.69 Å². The maximum Gasteiger partial charge on any atom is 0.237 e. The second-order valence-corrected chi connectivity index (χ2v) is 5.58. The van der Waals surface area contributed by atoms with Gasteiger partial charge in [-0.25, -0.2) is 0 Å². The Morgan fingerprint density at radius 1 is 1.28 bits per heavy atom. The van der Waals surface area contributed by atoms with E-state index in [1.807, 2.05) is 7.05 Å². The molecule has 0 aromatic carbocycles. The molecule has 0 bridgehead atoms. The molecule has 2 rings (SSSR count). The molecule has 18 heavy (non-hydrogen) atoms. The van der Waals surface area contributed by atoms with Crippen LogP contribution in [0.4, 0.5) is 0 Å². The maximum absolute atomic E-state index is 12.1. The number of carbonyl (C=O) groups is 1. The van der Waals surface area contributed by atoms with Gasteiger partial charge in [-0.2, -0.15) is 0 Å². The summed E-state index contributed by atoms with van der Waals surface area (Å²) in [6.07, 6.45) is 8.91. The van der Waals surface area contributed by atoms with Gasteiger partial charge in [-0.05, 0) is 32.9 Å². The summed E-state index contributed by atoms with van der Waals surface area (Å²) in [7, 11) is 1.96. The van der Waals surface area contributed by atoms with Crippen molar-refractivity contribution in [3.05, 3.63) is 0 Å². The first-order valence-corrected chi connectivity index (χ1v) is 7.51. The van der Waals surface area contributed by atoms with Gasteiger partial charge in [0, 0.05) is 19.1 Å². The van der Waals surface area contributed by atoms with Gasteiger partial charge in [0.1, 0.15) is 0 Å². The second-order valence-electron chi connectivity index (χ2n) is 5.58. The Hall–Kier alpha value is -0.610. The van der Waals surface area contributed by atoms with Gasteiger partial charge < -0.3 is 10.6 Å². The lowest BCUT2D eigenvalue weighted by atomic mass is 10.0. The lowest BCUT2D eigenvalue weighted by Gasteiger charge is -2.40. The fraction of sp³-hybridized carbons (Fsp3) is 0.929. The molecule has 0 radical (unpaired) electrons. The summed E-state index contributed by atoms with van der Waals surface area (Å²) in [5.74, 6) is 0.237. The van der Waals surface area contributed by atoms with Crippen LogP contribution in [0, 0.1) is 0 Å². The molecule has 4 heteroatoms. The van der Waals surface area contributed by atoms with Gasteiger partial charge in [0.05, 0.1) is 6.04 Å². The molecule has 1 aliphatic heterocycles. The van der Waals surface area contributed by atoms with Crippen LogP contribution in [0.5, 0.6) is 0 Å². The van der Waals surface area contributed by atoms with E-state index in [4.69, 9.17) is 0 Å². The monoisotopic (exact) mass is 253 g/mol. The fourth-order valence-electron chi connectivity index (χ4n) is 3.34. The topological polar surface area (TPSA) is 44.4 Å². The Balaban J connectivity index is 1.99. The minimum absolute atomic E-state index is 0.0919. The number of amides is 1. The molecule has 104 valence electrons. The minimum Gasteiger partial charge on any atom is -0.353 e. The predicted octanol–water partition coefficient (Wildman–Crippen LogP) is 1.12. The van der Waals surface area contributed by atoms with Crippen molar-refractivity contribution in [2.45, 2.75) is 57.0 Å². The molecule has 1 atom stereocenters. The predicted molar refractivity (Wildman–Crippen MR) is 73.5 cm³/mol. The number of rotatable bonds is 4. The van der Waals surface area contributed by atoms with Crippen molar-refractivity contribution < 1.29 is 4.79 Å². The van der Waals surface area contributed by atoms with Crippen LogP contribution >= 0.6 is 0 Å². The highest BCUT2D eigenvalue weighted by Gasteiger charge is 2.33. The second kappa shape index (κ2) is 7.10. The average Bonchev–Trinajstić information content (AvgIpc) is 2.66. The van der Waals surface area contributed by atoms with Crippen molar-refractivity contribution in [2.24, 2.45) is 0 Å². The molecule has 1 unspecified atom stereocenters. The summed E-state index contributed by atoms with van der Waals surface area (Å²) in [5, 5.41) is 6.18. The van der Waals surface area contributed by atoms with Gasteiger partial charge in [0.25, 0.3) is 0 Å². The van der Waals surface area contributed by atoms with E-state index < -0.39 is 0 Å². The Kier molecular flexibility index (Phi) is 5.45. The van der Waals surface area contributed by atoms with Crippen LogP contribution in [-0.4, -0.2) is 49.6 Å². The number of carbonyl (C=O) groups excluding carboxylic acids is 1. The minimum atomic E-state index is 0.0919. The first-order chi connectivity index (χ1) is 8.83. The van der Waals surface area contributed by atoms with Gasteiger partial charge >= 0.3 is 0 Å². The normalized spacial score (nSPS) is 27.8. The van der Waals surface area contributed by atoms with Crippen LogP contribution in [0.15, 0.2) is 0 Å². The zero-order chi connectivity index (χ0) is 12.8. The summed E-state index contributed by atoms with van der Waals surface area (Å²) in [4.78, 5) is 14.5. The van der Waals surface area contributed by atoms with E-state index in [0.717, 1.165) is 26.1 Å². The highest BCUT2D eigenvalue weighted by Crippen LogP contribution is 2.25. The number of nitrogens with zero attached hydrogens (tertiary/aromatic N) is 1. The third kappa shape index (κ3) is 3.45. The first-order valence-electron chi connectivity index (χ1n) is 7.51. The summed E-state index contributed by atoms with van der Waals surface area (Å²) in [6.45, 7) is 2.78. The SMILES string of the molecule is CNCCC1C(=O)NCCN1C1CCCCCC1. The van der Waals surface area contributed by atoms with Crippen LogP contribution in [0.2, 0.25) is 0 Å². The van der Waals surface area contributed by atoms with Crippen molar-refractivity contribution in [1.29, 1.82) is 0 Å². The van der Waals surface area contributed by atoms with E-state index in [9.17, 15) is 4.79 Å². The van der Waals surface area contributed by atoms with Crippen molar-refractivity contribution in [2.75, 3.05) is 26.7 Å². The van der Waals surface area contributed by atoms with Gasteiger partial charge in [-0.1, -0.05) is 25.7 Å². The zero-order valence-electron chi connectivity index (χ0n) is 11.6. The zero-order valence-corrected chi connectivity index (χ0v) is 11.6. The smallest absolute Gasteiger partial charge is 0.237 e. The molecule has 2 N–H and O–H groups in total. The number of nitrogens with one attached hydrogen (secondary N) is 2. The van der Waals surface area contributed by atoms with E-state index in [-0.39, 0.29) is 11.9 Å². The summed E-state index contributed by atoms with van der Waals surface area (Å²) >= 11 is 0. The molecule has 0 aromatic rings. The van der Waals surface area contributed by atoms with Crippen molar-refractivity contribution in [3.8, 4) is 0 Å². The Morgan fingerprint density at radius 3 is 2.67 bits per heavy atom. The van der Waals surface area contributed by atoms with E-state index in [2.05, 4.69) is 15.5 Å². The highest BCUT2D eigenvalue weighted by molar-refractivity contribution is 5.82. The average molecular weight is 253 g/mol. The summed E-state index contributed by atoms with van der Waals surface area (Å²) < 4.78 is 0. The van der Waals surface area contributed by atoms with Gasteiger partial charge in [-0.15, -0.1) is 0 Å². The first kappa shape index (κ1) is 13.8. The summed E-state index contributed by atoms with van der Waals surface area (Å²) in [5.41, 5.74) is 0. The van der Waals surface area contributed by atoms with E-state index in [1.165, 1.54) is 38.5 Å². The number of hydrogen-bond acceptors (Lipinski definition) is 3. The van der Waals surface area contributed by atoms with Crippen molar-refractivity contribution >= 4 is 5.91 Å².